The fourth-order valence-corrected chi connectivity index (χ4v) is 2.42. The summed E-state index contributed by atoms with van der Waals surface area (Å²) in [5.41, 5.74) is 1.27. The molecule has 0 spiro atoms. The Morgan fingerprint density at radius 1 is 1.44 bits per heavy atom. The van der Waals surface area contributed by atoms with Crippen molar-refractivity contribution in [3.63, 3.8) is 0 Å². The Kier molecular flexibility index (Phi) is 2.46. The summed E-state index contributed by atoms with van der Waals surface area (Å²) < 4.78 is 0. The van der Waals surface area contributed by atoms with Crippen LogP contribution in [0.5, 0.6) is 0 Å². The number of aliphatic hydroxyl groups is 1. The van der Waals surface area contributed by atoms with E-state index in [4.69, 9.17) is 0 Å². The topological polar surface area (TPSA) is 69.2 Å². The molecule has 1 fully saturated rings. The average molecular weight is 245 g/mol. The number of β-amino-alcohol motifs (C(OH)–C–C–N with tert-alkyl or cyclic N) is 1. The number of nitrogens with one attached hydrogen (secondary N) is 1. The number of hydrogen-bond donors (Lipinski definition) is 2. The van der Waals surface area contributed by atoms with Crippen molar-refractivity contribution in [2.45, 2.75) is 19.1 Å². The molecule has 0 saturated carbocycles. The monoisotopic (exact) mass is 245 g/mol. The molecule has 3 rings (SSSR count). The van der Waals surface area contributed by atoms with Crippen molar-refractivity contribution in [3.8, 4) is 0 Å². The first-order chi connectivity index (χ1) is 8.53. The van der Waals surface area contributed by atoms with Crippen molar-refractivity contribution in [1.82, 2.24) is 14.9 Å². The minimum Gasteiger partial charge on any atom is -0.388 e. The molecule has 0 unspecified atom stereocenters. The Morgan fingerprint density at radius 2 is 2.17 bits per heavy atom. The molecule has 2 aromatic rings. The Bertz CT molecular complexity index is 640. The van der Waals surface area contributed by atoms with E-state index in [0.717, 1.165) is 11.0 Å². The first kappa shape index (κ1) is 11.4. The van der Waals surface area contributed by atoms with Crippen molar-refractivity contribution in [2.75, 3.05) is 13.1 Å². The minimum atomic E-state index is -0.621. The van der Waals surface area contributed by atoms with E-state index in [9.17, 15) is 9.90 Å². The molecule has 0 bridgehead atoms. The van der Waals surface area contributed by atoms with Crippen LogP contribution in [0.15, 0.2) is 29.1 Å². The van der Waals surface area contributed by atoms with Crippen molar-refractivity contribution in [3.05, 3.63) is 40.3 Å². The molecule has 5 nitrogen and oxygen atoms in total. The maximum absolute atomic E-state index is 11.9. The zero-order valence-corrected chi connectivity index (χ0v) is 10.2. The quantitative estimate of drug-likeness (QED) is 0.808. The highest BCUT2D eigenvalue weighted by Gasteiger charge is 2.36. The van der Waals surface area contributed by atoms with Crippen molar-refractivity contribution < 1.29 is 5.11 Å². The Labute approximate surface area is 104 Å². The van der Waals surface area contributed by atoms with Crippen molar-refractivity contribution in [2.24, 2.45) is 0 Å². The second kappa shape index (κ2) is 3.90. The van der Waals surface area contributed by atoms with Gasteiger partial charge in [0.1, 0.15) is 5.69 Å². The van der Waals surface area contributed by atoms with Crippen LogP contribution in [0.4, 0.5) is 0 Å². The lowest BCUT2D eigenvalue weighted by atomic mass is 9.97. The predicted molar refractivity (Wildman–Crippen MR) is 68.3 cm³/mol. The Hall–Kier alpha value is -1.72. The van der Waals surface area contributed by atoms with Crippen LogP contribution >= 0.6 is 0 Å². The van der Waals surface area contributed by atoms with Gasteiger partial charge in [0.25, 0.3) is 5.56 Å². The lowest BCUT2D eigenvalue weighted by molar-refractivity contribution is -0.0876. The van der Waals surface area contributed by atoms with E-state index in [-0.39, 0.29) is 5.56 Å². The number of hydrogen-bond acceptors (Lipinski definition) is 4. The Balaban J connectivity index is 1.88. The summed E-state index contributed by atoms with van der Waals surface area (Å²) in [6.45, 7) is 3.44. The molecule has 1 aliphatic heterocycles. The third-order valence-corrected chi connectivity index (χ3v) is 3.17. The number of likely N-dealkylation sites (tertiary alicyclic amines) is 1. The highest BCUT2D eigenvalue weighted by Crippen LogP contribution is 2.20. The maximum atomic E-state index is 11.9. The first-order valence-corrected chi connectivity index (χ1v) is 5.96. The molecule has 0 atom stereocenters. The molecule has 94 valence electrons. The smallest absolute Gasteiger partial charge is 0.271 e. The second-order valence-electron chi connectivity index (χ2n) is 5.17. The van der Waals surface area contributed by atoms with Crippen molar-refractivity contribution in [1.29, 1.82) is 0 Å². The van der Waals surface area contributed by atoms with E-state index in [1.54, 1.807) is 6.92 Å². The number of para-hydroxylation sites is 2. The predicted octanol–water partition coefficient (Wildman–Crippen LogP) is 0.490. The highest BCUT2D eigenvalue weighted by atomic mass is 16.3. The van der Waals surface area contributed by atoms with E-state index in [1.165, 1.54) is 0 Å². The highest BCUT2D eigenvalue weighted by molar-refractivity contribution is 5.73. The van der Waals surface area contributed by atoms with Crippen molar-refractivity contribution >= 4 is 11.0 Å². The number of aromatic nitrogens is 2. The number of fused-ring (bicyclic) bond motifs is 1. The third kappa shape index (κ3) is 2.02. The van der Waals surface area contributed by atoms with Crippen LogP contribution in [0, 0.1) is 0 Å². The van der Waals surface area contributed by atoms with Gasteiger partial charge in [-0.05, 0) is 19.1 Å². The summed E-state index contributed by atoms with van der Waals surface area (Å²) in [6, 6.07) is 7.47. The standard InChI is InChI=1S/C13H15N3O2/c1-13(18)7-16(8-13)6-11-12(17)15-10-5-3-2-4-9(10)14-11/h2-5,18H,6-8H2,1H3,(H,15,17). The fraction of sp³-hybridized carbons (Fsp3) is 0.385. The van der Waals surface area contributed by atoms with E-state index < -0.39 is 5.60 Å². The molecule has 1 aliphatic rings. The normalized spacial score (nSPS) is 18.8. The van der Waals surface area contributed by atoms with Crippen LogP contribution in [-0.2, 0) is 6.54 Å². The van der Waals surface area contributed by atoms with Crippen LogP contribution in [0.1, 0.15) is 12.6 Å². The third-order valence-electron chi connectivity index (χ3n) is 3.17. The van der Waals surface area contributed by atoms with Crippen LogP contribution < -0.4 is 5.56 Å². The molecular formula is C13H15N3O2. The first-order valence-electron chi connectivity index (χ1n) is 5.96. The minimum absolute atomic E-state index is 0.153. The fourth-order valence-electron chi connectivity index (χ4n) is 2.42. The number of H-pyrrole nitrogens is 1. The van der Waals surface area contributed by atoms with Gasteiger partial charge in [0.2, 0.25) is 0 Å². The molecule has 0 amide bonds. The number of rotatable bonds is 2. The zero-order chi connectivity index (χ0) is 12.8. The molecule has 18 heavy (non-hydrogen) atoms. The van der Waals surface area contributed by atoms with Gasteiger partial charge < -0.3 is 10.1 Å². The van der Waals surface area contributed by atoms with Gasteiger partial charge in [0, 0.05) is 19.6 Å². The van der Waals surface area contributed by atoms with Gasteiger partial charge in [-0.3, -0.25) is 9.69 Å². The summed E-state index contributed by atoms with van der Waals surface area (Å²) in [6.07, 6.45) is 0. The van der Waals surface area contributed by atoms with E-state index in [0.29, 0.717) is 25.3 Å². The molecule has 1 aromatic heterocycles. The van der Waals surface area contributed by atoms with E-state index >= 15 is 0 Å². The summed E-state index contributed by atoms with van der Waals surface area (Å²) >= 11 is 0. The number of nitrogens with zero attached hydrogens (tertiary/aromatic N) is 2. The maximum Gasteiger partial charge on any atom is 0.271 e. The molecule has 0 aliphatic carbocycles. The van der Waals surface area contributed by atoms with Gasteiger partial charge >= 0.3 is 0 Å². The van der Waals surface area contributed by atoms with Gasteiger partial charge in [-0.1, -0.05) is 12.1 Å². The largest absolute Gasteiger partial charge is 0.388 e. The lowest BCUT2D eigenvalue weighted by Gasteiger charge is -2.43. The van der Waals surface area contributed by atoms with Crippen LogP contribution in [-0.4, -0.2) is 38.7 Å². The van der Waals surface area contributed by atoms with Gasteiger partial charge in [0.15, 0.2) is 0 Å². The zero-order valence-electron chi connectivity index (χ0n) is 10.2. The van der Waals surface area contributed by atoms with Gasteiger partial charge in [-0.2, -0.15) is 0 Å². The Morgan fingerprint density at radius 3 is 2.89 bits per heavy atom. The summed E-state index contributed by atoms with van der Waals surface area (Å²) in [5, 5.41) is 9.65. The molecule has 2 heterocycles. The lowest BCUT2D eigenvalue weighted by Crippen LogP contribution is -2.59. The van der Waals surface area contributed by atoms with Crippen LogP contribution in [0.25, 0.3) is 11.0 Å². The summed E-state index contributed by atoms with van der Waals surface area (Å²) in [7, 11) is 0. The second-order valence-corrected chi connectivity index (χ2v) is 5.17. The van der Waals surface area contributed by atoms with E-state index in [1.807, 2.05) is 29.2 Å². The summed E-state index contributed by atoms with van der Waals surface area (Å²) in [5.74, 6) is 0. The molecular weight excluding hydrogens is 230 g/mol. The number of benzene rings is 1. The molecule has 5 heteroatoms. The molecule has 0 radical (unpaired) electrons. The van der Waals surface area contributed by atoms with Gasteiger partial charge in [-0.25, -0.2) is 4.98 Å². The molecule has 1 saturated heterocycles. The number of aromatic amines is 1. The van der Waals surface area contributed by atoms with Crippen LogP contribution in [0.3, 0.4) is 0 Å². The van der Waals surface area contributed by atoms with Crippen LogP contribution in [0.2, 0.25) is 0 Å². The molecule has 2 N–H and O–H groups in total. The van der Waals surface area contributed by atoms with Gasteiger partial charge in [-0.15, -0.1) is 0 Å². The van der Waals surface area contributed by atoms with E-state index in [2.05, 4.69) is 9.97 Å². The summed E-state index contributed by atoms with van der Waals surface area (Å²) in [4.78, 5) is 21.1. The average Bonchev–Trinajstić information content (AvgIpc) is 2.27. The SMILES string of the molecule is CC1(O)CN(Cc2nc3ccccc3[nH]c2=O)C1. The molecule has 1 aromatic carbocycles. The van der Waals surface area contributed by atoms with Gasteiger partial charge in [0.05, 0.1) is 16.6 Å².